The van der Waals surface area contributed by atoms with Crippen LogP contribution in [0, 0.1) is 5.92 Å². The summed E-state index contributed by atoms with van der Waals surface area (Å²) in [5, 5.41) is 3.99. The fourth-order valence-electron chi connectivity index (χ4n) is 2.46. The van der Waals surface area contributed by atoms with E-state index >= 15 is 0 Å². The van der Waals surface area contributed by atoms with Crippen LogP contribution in [0.4, 0.5) is 0 Å². The van der Waals surface area contributed by atoms with Gasteiger partial charge in [-0.2, -0.15) is 11.8 Å². The summed E-state index contributed by atoms with van der Waals surface area (Å²) in [6.07, 6.45) is 3.11. The van der Waals surface area contributed by atoms with Crippen molar-refractivity contribution in [2.45, 2.75) is 31.4 Å². The van der Waals surface area contributed by atoms with Gasteiger partial charge in [0.25, 0.3) is 0 Å². The van der Waals surface area contributed by atoms with Gasteiger partial charge in [-0.15, -0.1) is 12.4 Å². The third kappa shape index (κ3) is 4.34. The standard InChI is InChI=1S/C12H22N2OS.ClH/c1-2-11-9-14(5-6-16-11)12(15)7-10-3-4-13-8-10;/h10-11,13H,2-9H2,1H3;1H. The van der Waals surface area contributed by atoms with Gasteiger partial charge in [-0.1, -0.05) is 6.92 Å². The fourth-order valence-corrected chi connectivity index (χ4v) is 3.64. The first-order valence-electron chi connectivity index (χ1n) is 6.39. The molecule has 2 heterocycles. The zero-order valence-corrected chi connectivity index (χ0v) is 12.1. The molecule has 2 atom stereocenters. The molecule has 2 saturated heterocycles. The number of nitrogens with one attached hydrogen (secondary N) is 1. The van der Waals surface area contributed by atoms with Crippen molar-refractivity contribution in [3.63, 3.8) is 0 Å². The molecule has 0 aromatic carbocycles. The van der Waals surface area contributed by atoms with Gasteiger partial charge in [0.15, 0.2) is 0 Å². The average molecular weight is 279 g/mol. The zero-order valence-electron chi connectivity index (χ0n) is 10.5. The number of thioether (sulfide) groups is 1. The van der Waals surface area contributed by atoms with Gasteiger partial charge in [0, 0.05) is 30.5 Å². The first kappa shape index (κ1) is 15.1. The molecular weight excluding hydrogens is 256 g/mol. The van der Waals surface area contributed by atoms with Crippen molar-refractivity contribution >= 4 is 30.1 Å². The van der Waals surface area contributed by atoms with Gasteiger partial charge in [-0.3, -0.25) is 4.79 Å². The topological polar surface area (TPSA) is 32.3 Å². The Balaban J connectivity index is 0.00000144. The highest BCUT2D eigenvalue weighted by Crippen LogP contribution is 2.23. The van der Waals surface area contributed by atoms with Crippen LogP contribution < -0.4 is 5.32 Å². The van der Waals surface area contributed by atoms with Crippen molar-refractivity contribution in [3.05, 3.63) is 0 Å². The lowest BCUT2D eigenvalue weighted by molar-refractivity contribution is -0.132. The molecular formula is C12H23ClN2OS. The summed E-state index contributed by atoms with van der Waals surface area (Å²) in [5.74, 6) is 2.09. The van der Waals surface area contributed by atoms with Crippen LogP contribution in [0.1, 0.15) is 26.2 Å². The Morgan fingerprint density at radius 2 is 2.35 bits per heavy atom. The summed E-state index contributed by atoms with van der Waals surface area (Å²) in [6.45, 7) is 6.27. The van der Waals surface area contributed by atoms with Gasteiger partial charge in [-0.05, 0) is 31.8 Å². The minimum absolute atomic E-state index is 0. The Labute approximate surface area is 114 Å². The van der Waals surface area contributed by atoms with E-state index in [2.05, 4.69) is 17.1 Å². The first-order valence-corrected chi connectivity index (χ1v) is 7.44. The smallest absolute Gasteiger partial charge is 0.222 e. The lowest BCUT2D eigenvalue weighted by Crippen LogP contribution is -2.42. The predicted molar refractivity (Wildman–Crippen MR) is 76.0 cm³/mol. The van der Waals surface area contributed by atoms with Gasteiger partial charge in [-0.25, -0.2) is 0 Å². The molecule has 0 aromatic heterocycles. The molecule has 0 spiro atoms. The second-order valence-corrected chi connectivity index (χ2v) is 6.21. The zero-order chi connectivity index (χ0) is 11.4. The normalized spacial score (nSPS) is 28.9. The van der Waals surface area contributed by atoms with Crippen LogP contribution in [0.2, 0.25) is 0 Å². The number of amides is 1. The maximum absolute atomic E-state index is 12.1. The SMILES string of the molecule is CCC1CN(C(=O)CC2CCNC2)CCS1.Cl. The molecule has 0 aromatic rings. The van der Waals surface area contributed by atoms with Crippen LogP contribution in [0.15, 0.2) is 0 Å². The average Bonchev–Trinajstić information content (AvgIpc) is 2.82. The van der Waals surface area contributed by atoms with Crippen LogP contribution in [0.5, 0.6) is 0 Å². The number of carbonyl (C=O) groups is 1. The molecule has 0 radical (unpaired) electrons. The molecule has 100 valence electrons. The van der Waals surface area contributed by atoms with E-state index in [0.29, 0.717) is 17.1 Å². The first-order chi connectivity index (χ1) is 7.79. The highest BCUT2D eigenvalue weighted by atomic mass is 35.5. The van der Waals surface area contributed by atoms with Gasteiger partial charge in [0.2, 0.25) is 5.91 Å². The molecule has 1 N–H and O–H groups in total. The number of rotatable bonds is 3. The Hall–Kier alpha value is 0.0700. The van der Waals surface area contributed by atoms with Crippen molar-refractivity contribution in [1.82, 2.24) is 10.2 Å². The summed E-state index contributed by atoms with van der Waals surface area (Å²) in [6, 6.07) is 0. The number of nitrogens with zero attached hydrogens (tertiary/aromatic N) is 1. The number of hydrogen-bond acceptors (Lipinski definition) is 3. The van der Waals surface area contributed by atoms with E-state index in [9.17, 15) is 4.79 Å². The number of halogens is 1. The van der Waals surface area contributed by atoms with E-state index in [1.165, 1.54) is 12.8 Å². The third-order valence-electron chi connectivity index (χ3n) is 3.57. The second-order valence-electron chi connectivity index (χ2n) is 4.80. The molecule has 0 saturated carbocycles. The van der Waals surface area contributed by atoms with E-state index in [0.717, 1.165) is 38.4 Å². The minimum Gasteiger partial charge on any atom is -0.341 e. The van der Waals surface area contributed by atoms with Gasteiger partial charge < -0.3 is 10.2 Å². The minimum atomic E-state index is 0. The van der Waals surface area contributed by atoms with E-state index in [4.69, 9.17) is 0 Å². The summed E-state index contributed by atoms with van der Waals surface area (Å²) in [4.78, 5) is 14.2. The maximum Gasteiger partial charge on any atom is 0.222 e. The van der Waals surface area contributed by atoms with Crippen molar-refractivity contribution in [2.75, 3.05) is 31.9 Å². The van der Waals surface area contributed by atoms with Crippen molar-refractivity contribution in [3.8, 4) is 0 Å². The third-order valence-corrected chi connectivity index (χ3v) is 4.94. The van der Waals surface area contributed by atoms with Crippen molar-refractivity contribution in [2.24, 2.45) is 5.92 Å². The van der Waals surface area contributed by atoms with E-state index in [-0.39, 0.29) is 12.4 Å². The van der Waals surface area contributed by atoms with E-state index in [1.807, 2.05) is 11.8 Å². The molecule has 2 aliphatic rings. The Kier molecular flexibility index (Phi) is 6.67. The predicted octanol–water partition coefficient (Wildman–Crippen LogP) is 1.76. The van der Waals surface area contributed by atoms with Crippen molar-refractivity contribution < 1.29 is 4.79 Å². The van der Waals surface area contributed by atoms with Gasteiger partial charge in [0.05, 0.1) is 0 Å². The van der Waals surface area contributed by atoms with Crippen LogP contribution in [-0.4, -0.2) is 48.0 Å². The van der Waals surface area contributed by atoms with Crippen LogP contribution in [0.25, 0.3) is 0 Å². The summed E-state index contributed by atoms with van der Waals surface area (Å²) < 4.78 is 0. The number of carbonyl (C=O) groups excluding carboxylic acids is 1. The van der Waals surface area contributed by atoms with E-state index < -0.39 is 0 Å². The highest BCUT2D eigenvalue weighted by Gasteiger charge is 2.25. The monoisotopic (exact) mass is 278 g/mol. The highest BCUT2D eigenvalue weighted by molar-refractivity contribution is 8.00. The molecule has 2 fully saturated rings. The second kappa shape index (κ2) is 7.49. The quantitative estimate of drug-likeness (QED) is 0.854. The molecule has 1 amide bonds. The summed E-state index contributed by atoms with van der Waals surface area (Å²) in [5.41, 5.74) is 0. The summed E-state index contributed by atoms with van der Waals surface area (Å²) >= 11 is 2.02. The lowest BCUT2D eigenvalue weighted by atomic mass is 10.0. The molecule has 3 nitrogen and oxygen atoms in total. The van der Waals surface area contributed by atoms with Crippen LogP contribution in [0.3, 0.4) is 0 Å². The largest absolute Gasteiger partial charge is 0.341 e. The van der Waals surface area contributed by atoms with E-state index in [1.54, 1.807) is 0 Å². The molecule has 2 unspecified atom stereocenters. The van der Waals surface area contributed by atoms with Gasteiger partial charge >= 0.3 is 0 Å². The molecule has 5 heteroatoms. The molecule has 0 aliphatic carbocycles. The molecule has 2 rings (SSSR count). The van der Waals surface area contributed by atoms with Gasteiger partial charge in [0.1, 0.15) is 0 Å². The maximum atomic E-state index is 12.1. The molecule has 17 heavy (non-hydrogen) atoms. The lowest BCUT2D eigenvalue weighted by Gasteiger charge is -2.32. The molecule has 2 aliphatic heterocycles. The Bertz CT molecular complexity index is 247. The summed E-state index contributed by atoms with van der Waals surface area (Å²) in [7, 11) is 0. The fraction of sp³-hybridized carbons (Fsp3) is 0.917. The van der Waals surface area contributed by atoms with Crippen molar-refractivity contribution in [1.29, 1.82) is 0 Å². The van der Waals surface area contributed by atoms with Crippen LogP contribution in [-0.2, 0) is 4.79 Å². The Morgan fingerprint density at radius 3 is 3.00 bits per heavy atom. The Morgan fingerprint density at radius 1 is 1.53 bits per heavy atom. The molecule has 0 bridgehead atoms. The van der Waals surface area contributed by atoms with Crippen LogP contribution >= 0.6 is 24.2 Å². The number of hydrogen-bond donors (Lipinski definition) is 1.